The molecule has 0 spiro atoms. The van der Waals surface area contributed by atoms with E-state index in [2.05, 4.69) is 16.4 Å². The summed E-state index contributed by atoms with van der Waals surface area (Å²) in [6, 6.07) is 13.9. The number of anilines is 1. The number of nitrogens with zero attached hydrogens (tertiary/aromatic N) is 1. The van der Waals surface area contributed by atoms with Crippen molar-refractivity contribution in [3.05, 3.63) is 53.9 Å². The van der Waals surface area contributed by atoms with E-state index in [1.165, 1.54) is 12.0 Å². The Kier molecular flexibility index (Phi) is 2.99. The molecule has 4 rings (SSSR count). The van der Waals surface area contributed by atoms with Crippen molar-refractivity contribution in [3.8, 4) is 5.75 Å². The molecule has 0 fully saturated rings. The molecule has 106 valence electrons. The van der Waals surface area contributed by atoms with Crippen LogP contribution in [0.4, 0.5) is 5.69 Å². The molecule has 0 unspecified atom stereocenters. The van der Waals surface area contributed by atoms with Crippen LogP contribution in [0.3, 0.4) is 0 Å². The van der Waals surface area contributed by atoms with Gasteiger partial charge in [0.15, 0.2) is 12.2 Å². The van der Waals surface area contributed by atoms with Crippen LogP contribution in [0.2, 0.25) is 0 Å². The molecule has 1 N–H and O–H groups in total. The van der Waals surface area contributed by atoms with Crippen LogP contribution in [0.1, 0.15) is 17.9 Å². The largest absolute Gasteiger partial charge is 0.482 e. The second-order valence-electron chi connectivity index (χ2n) is 5.18. The van der Waals surface area contributed by atoms with Crippen LogP contribution in [0, 0.1) is 0 Å². The molecule has 0 saturated carbocycles. The average molecular weight is 280 g/mol. The maximum absolute atomic E-state index is 5.90. The molecule has 0 amide bonds. The first-order valence-electron chi connectivity index (χ1n) is 7.23. The fourth-order valence-corrected chi connectivity index (χ4v) is 2.72. The highest BCUT2D eigenvalue weighted by Crippen LogP contribution is 2.32. The quantitative estimate of drug-likeness (QED) is 0.793. The minimum atomic E-state index is 0.340. The first-order valence-corrected chi connectivity index (χ1v) is 7.23. The summed E-state index contributed by atoms with van der Waals surface area (Å²) >= 11 is 0. The van der Waals surface area contributed by atoms with Crippen molar-refractivity contribution in [3.63, 3.8) is 0 Å². The first-order chi connectivity index (χ1) is 10.4. The van der Waals surface area contributed by atoms with Gasteiger partial charge >= 0.3 is 0 Å². The minimum absolute atomic E-state index is 0.340. The van der Waals surface area contributed by atoms with Crippen LogP contribution in [-0.2, 0) is 13.0 Å². The molecular formula is C17H16N2O2. The number of aromatic nitrogens is 1. The van der Waals surface area contributed by atoms with Crippen LogP contribution < -0.4 is 10.1 Å². The van der Waals surface area contributed by atoms with Crippen LogP contribution in [0.15, 0.2) is 46.9 Å². The SMILES string of the molecule is c1cc2c(c(OCc3nc4ccccc4o3)c1)NCCC2. The molecule has 2 heterocycles. The molecule has 0 bridgehead atoms. The van der Waals surface area contributed by atoms with E-state index < -0.39 is 0 Å². The van der Waals surface area contributed by atoms with Crippen molar-refractivity contribution in [2.75, 3.05) is 11.9 Å². The van der Waals surface area contributed by atoms with Gasteiger partial charge in [0.1, 0.15) is 11.3 Å². The molecule has 0 radical (unpaired) electrons. The normalized spacial score (nSPS) is 13.7. The smallest absolute Gasteiger partial charge is 0.233 e. The highest BCUT2D eigenvalue weighted by Gasteiger charge is 2.14. The second kappa shape index (κ2) is 5.13. The summed E-state index contributed by atoms with van der Waals surface area (Å²) in [5.41, 5.74) is 4.09. The number of benzene rings is 2. The number of hydrogen-bond donors (Lipinski definition) is 1. The van der Waals surface area contributed by atoms with Gasteiger partial charge in [-0.25, -0.2) is 4.98 Å². The first kappa shape index (κ1) is 12.3. The maximum atomic E-state index is 5.90. The number of fused-ring (bicyclic) bond motifs is 2. The third-order valence-electron chi connectivity index (χ3n) is 3.73. The summed E-state index contributed by atoms with van der Waals surface area (Å²) in [7, 11) is 0. The molecule has 1 aliphatic rings. The summed E-state index contributed by atoms with van der Waals surface area (Å²) in [6.07, 6.45) is 2.27. The molecule has 21 heavy (non-hydrogen) atoms. The maximum Gasteiger partial charge on any atom is 0.233 e. The summed E-state index contributed by atoms with van der Waals surface area (Å²) < 4.78 is 11.6. The number of oxazole rings is 1. The number of ether oxygens (including phenoxy) is 1. The van der Waals surface area contributed by atoms with Crippen molar-refractivity contribution >= 4 is 16.8 Å². The van der Waals surface area contributed by atoms with E-state index >= 15 is 0 Å². The topological polar surface area (TPSA) is 47.3 Å². The number of hydrogen-bond acceptors (Lipinski definition) is 4. The highest BCUT2D eigenvalue weighted by atomic mass is 16.5. The Hall–Kier alpha value is -2.49. The van der Waals surface area contributed by atoms with Gasteiger partial charge in [0.2, 0.25) is 5.89 Å². The summed E-state index contributed by atoms with van der Waals surface area (Å²) in [6.45, 7) is 1.34. The van der Waals surface area contributed by atoms with Crippen LogP contribution >= 0.6 is 0 Å². The Labute approximate surface area is 122 Å². The van der Waals surface area contributed by atoms with Gasteiger partial charge in [0.05, 0.1) is 5.69 Å². The van der Waals surface area contributed by atoms with E-state index in [1.54, 1.807) is 0 Å². The number of rotatable bonds is 3. The van der Waals surface area contributed by atoms with Crippen molar-refractivity contribution in [1.82, 2.24) is 4.98 Å². The van der Waals surface area contributed by atoms with E-state index in [-0.39, 0.29) is 0 Å². The summed E-state index contributed by atoms with van der Waals surface area (Å²) in [4.78, 5) is 4.43. The Balaban J connectivity index is 1.56. The van der Waals surface area contributed by atoms with Gasteiger partial charge in [-0.15, -0.1) is 0 Å². The molecule has 2 aromatic carbocycles. The van der Waals surface area contributed by atoms with Crippen molar-refractivity contribution in [2.45, 2.75) is 19.4 Å². The zero-order valence-corrected chi connectivity index (χ0v) is 11.6. The standard InChI is InChI=1S/C17H16N2O2/c1-2-8-14-13(7-1)19-16(21-14)11-20-15-9-3-5-12-6-4-10-18-17(12)15/h1-3,5,7-9,18H,4,6,10-11H2. The zero-order chi connectivity index (χ0) is 14.1. The van der Waals surface area contributed by atoms with E-state index in [0.29, 0.717) is 12.5 Å². The Morgan fingerprint density at radius 3 is 3.05 bits per heavy atom. The molecular weight excluding hydrogens is 264 g/mol. The molecule has 0 saturated heterocycles. The van der Waals surface area contributed by atoms with Crippen LogP contribution in [0.5, 0.6) is 5.75 Å². The highest BCUT2D eigenvalue weighted by molar-refractivity contribution is 5.72. The molecule has 4 heteroatoms. The van der Waals surface area contributed by atoms with Gasteiger partial charge in [-0.05, 0) is 36.6 Å². The lowest BCUT2D eigenvalue weighted by molar-refractivity contribution is 0.268. The fraction of sp³-hybridized carbons (Fsp3) is 0.235. The van der Waals surface area contributed by atoms with Gasteiger partial charge in [-0.2, -0.15) is 0 Å². The van der Waals surface area contributed by atoms with Crippen LogP contribution in [0.25, 0.3) is 11.1 Å². The van der Waals surface area contributed by atoms with Gasteiger partial charge in [-0.3, -0.25) is 0 Å². The Bertz CT molecular complexity index is 746. The van der Waals surface area contributed by atoms with E-state index in [0.717, 1.165) is 35.5 Å². The molecule has 1 aromatic heterocycles. The van der Waals surface area contributed by atoms with Gasteiger partial charge in [0.25, 0.3) is 0 Å². The van der Waals surface area contributed by atoms with E-state index in [1.807, 2.05) is 36.4 Å². The van der Waals surface area contributed by atoms with Crippen molar-refractivity contribution < 1.29 is 9.15 Å². The Morgan fingerprint density at radius 2 is 2.10 bits per heavy atom. The third kappa shape index (κ3) is 2.33. The molecule has 1 aliphatic heterocycles. The lowest BCUT2D eigenvalue weighted by Crippen LogP contribution is -2.13. The number of aryl methyl sites for hydroxylation is 1. The molecule has 4 nitrogen and oxygen atoms in total. The molecule has 0 aliphatic carbocycles. The van der Waals surface area contributed by atoms with E-state index in [9.17, 15) is 0 Å². The zero-order valence-electron chi connectivity index (χ0n) is 11.6. The van der Waals surface area contributed by atoms with Gasteiger partial charge < -0.3 is 14.5 Å². The Morgan fingerprint density at radius 1 is 1.14 bits per heavy atom. The monoisotopic (exact) mass is 280 g/mol. The summed E-state index contributed by atoms with van der Waals surface area (Å²) in [5, 5.41) is 3.42. The lowest BCUT2D eigenvalue weighted by Gasteiger charge is -2.20. The summed E-state index contributed by atoms with van der Waals surface area (Å²) in [5.74, 6) is 1.47. The lowest BCUT2D eigenvalue weighted by atomic mass is 10.0. The van der Waals surface area contributed by atoms with Crippen molar-refractivity contribution in [1.29, 1.82) is 0 Å². The van der Waals surface area contributed by atoms with Gasteiger partial charge in [-0.1, -0.05) is 24.3 Å². The molecule has 3 aromatic rings. The number of nitrogens with one attached hydrogen (secondary N) is 1. The van der Waals surface area contributed by atoms with E-state index in [4.69, 9.17) is 9.15 Å². The third-order valence-corrected chi connectivity index (χ3v) is 3.73. The predicted octanol–water partition coefficient (Wildman–Crippen LogP) is 3.76. The molecule has 0 atom stereocenters. The number of para-hydroxylation sites is 3. The minimum Gasteiger partial charge on any atom is -0.482 e. The van der Waals surface area contributed by atoms with Crippen molar-refractivity contribution in [2.24, 2.45) is 0 Å². The average Bonchev–Trinajstić information content (AvgIpc) is 2.96. The fourth-order valence-electron chi connectivity index (χ4n) is 2.72. The van der Waals surface area contributed by atoms with Gasteiger partial charge in [0, 0.05) is 6.54 Å². The van der Waals surface area contributed by atoms with Crippen LogP contribution in [-0.4, -0.2) is 11.5 Å². The second-order valence-corrected chi connectivity index (χ2v) is 5.18. The predicted molar refractivity (Wildman–Crippen MR) is 81.6 cm³/mol.